The molecule has 1 aliphatic rings. The van der Waals surface area contributed by atoms with E-state index in [1.165, 1.54) is 6.07 Å². The van der Waals surface area contributed by atoms with Gasteiger partial charge in [-0.25, -0.2) is 13.6 Å². The predicted octanol–water partition coefficient (Wildman–Crippen LogP) is 3.04. The second-order valence-electron chi connectivity index (χ2n) is 7.32. The van der Waals surface area contributed by atoms with E-state index in [0.717, 1.165) is 19.3 Å². The fourth-order valence-electron chi connectivity index (χ4n) is 3.06. The van der Waals surface area contributed by atoms with Gasteiger partial charge in [-0.15, -0.1) is 0 Å². The van der Waals surface area contributed by atoms with Gasteiger partial charge < -0.3 is 4.74 Å². The molecule has 2 atom stereocenters. The number of sulfonamides is 1. The van der Waals surface area contributed by atoms with Crippen molar-refractivity contribution in [3.8, 4) is 5.75 Å². The predicted molar refractivity (Wildman–Crippen MR) is 96.3 cm³/mol. The van der Waals surface area contributed by atoms with Crippen molar-refractivity contribution in [2.75, 3.05) is 5.75 Å². The lowest BCUT2D eigenvalue weighted by molar-refractivity contribution is 0.0894. The third kappa shape index (κ3) is 4.00. The number of benzene rings is 1. The van der Waals surface area contributed by atoms with Crippen LogP contribution in [0.15, 0.2) is 15.9 Å². The number of ether oxygens (including phenoxy) is 1. The molecule has 1 aromatic carbocycles. The summed E-state index contributed by atoms with van der Waals surface area (Å²) in [5.74, 6) is 1.54. The number of nitrogens with two attached hydrogens (primary N) is 1. The van der Waals surface area contributed by atoms with Crippen LogP contribution < -0.4 is 9.88 Å². The first kappa shape index (κ1) is 19.4. The summed E-state index contributed by atoms with van der Waals surface area (Å²) in [7, 11) is -5.16. The molecular formula is C17H27NO4S2. The van der Waals surface area contributed by atoms with Gasteiger partial charge in [-0.3, -0.25) is 4.21 Å². The smallest absolute Gasteiger partial charge is 0.238 e. The van der Waals surface area contributed by atoms with Crippen LogP contribution in [0.5, 0.6) is 5.75 Å². The van der Waals surface area contributed by atoms with Crippen LogP contribution in [0, 0.1) is 19.8 Å². The molecule has 0 saturated carbocycles. The maximum absolute atomic E-state index is 12.7. The largest absolute Gasteiger partial charge is 0.485 e. The van der Waals surface area contributed by atoms with Crippen LogP contribution in [0.1, 0.15) is 51.2 Å². The summed E-state index contributed by atoms with van der Waals surface area (Å²) in [6, 6.07) is 1.41. The molecule has 0 radical (unpaired) electrons. The Bertz CT molecular complexity index is 771. The maximum Gasteiger partial charge on any atom is 0.238 e. The number of hydrogen-bond donors (Lipinski definition) is 1. The number of rotatable bonds is 5. The van der Waals surface area contributed by atoms with Gasteiger partial charge in [-0.05, 0) is 56.7 Å². The van der Waals surface area contributed by atoms with Gasteiger partial charge >= 0.3 is 0 Å². The Morgan fingerprint density at radius 1 is 1.33 bits per heavy atom. The van der Waals surface area contributed by atoms with Gasteiger partial charge in [0, 0.05) is 0 Å². The quantitative estimate of drug-likeness (QED) is 0.859. The molecule has 0 fully saturated rings. The van der Waals surface area contributed by atoms with E-state index in [4.69, 9.17) is 9.88 Å². The Balaban J connectivity index is 2.41. The number of fused-ring (bicyclic) bond motifs is 1. The highest BCUT2D eigenvalue weighted by Crippen LogP contribution is 2.41. The van der Waals surface area contributed by atoms with Crippen molar-refractivity contribution in [1.82, 2.24) is 0 Å². The van der Waals surface area contributed by atoms with Gasteiger partial charge in [0.15, 0.2) is 0 Å². The molecule has 1 heterocycles. The molecule has 2 unspecified atom stereocenters. The molecule has 5 nitrogen and oxygen atoms in total. The molecule has 0 amide bonds. The van der Waals surface area contributed by atoms with Crippen LogP contribution >= 0.6 is 0 Å². The summed E-state index contributed by atoms with van der Waals surface area (Å²) in [5, 5.41) is 5.28. The Kier molecular flexibility index (Phi) is 5.47. The van der Waals surface area contributed by atoms with Crippen LogP contribution in [0.2, 0.25) is 0 Å². The Morgan fingerprint density at radius 2 is 1.96 bits per heavy atom. The first-order valence-electron chi connectivity index (χ1n) is 8.19. The lowest BCUT2D eigenvalue weighted by atomic mass is 9.96. The second kappa shape index (κ2) is 6.77. The fourth-order valence-corrected chi connectivity index (χ4v) is 5.56. The number of primary sulfonamides is 1. The molecule has 1 aliphatic heterocycles. The summed E-state index contributed by atoms with van der Waals surface area (Å²) in [5.41, 5.74) is 0.756. The molecule has 136 valence electrons. The van der Waals surface area contributed by atoms with E-state index in [2.05, 4.69) is 13.8 Å². The van der Waals surface area contributed by atoms with E-state index < -0.39 is 26.4 Å². The molecule has 0 aromatic heterocycles. The molecule has 7 heteroatoms. The minimum Gasteiger partial charge on any atom is -0.485 e. The average molecular weight is 374 g/mol. The van der Waals surface area contributed by atoms with Crippen LogP contribution in [0.3, 0.4) is 0 Å². The Hall–Kier alpha value is -0.920. The summed E-state index contributed by atoms with van der Waals surface area (Å²) in [6.07, 6.45) is 2.93. The van der Waals surface area contributed by atoms with Gasteiger partial charge in [0.25, 0.3) is 0 Å². The van der Waals surface area contributed by atoms with Crippen LogP contribution in [0.25, 0.3) is 0 Å². The minimum atomic E-state index is -3.86. The molecule has 2 N–H and O–H groups in total. The molecule has 0 saturated heterocycles. The van der Waals surface area contributed by atoms with Gasteiger partial charge in [0.05, 0.1) is 26.3 Å². The van der Waals surface area contributed by atoms with Gasteiger partial charge in [0.2, 0.25) is 10.0 Å². The average Bonchev–Trinajstić information content (AvgIpc) is 2.41. The molecule has 2 rings (SSSR count). The summed E-state index contributed by atoms with van der Waals surface area (Å²) < 4.78 is 42.5. The molecule has 24 heavy (non-hydrogen) atoms. The summed E-state index contributed by atoms with van der Waals surface area (Å²) in [4.78, 5) is 0.461. The van der Waals surface area contributed by atoms with Crippen LogP contribution in [0.4, 0.5) is 0 Å². The minimum absolute atomic E-state index is 0.0270. The van der Waals surface area contributed by atoms with E-state index >= 15 is 0 Å². The molecule has 0 bridgehead atoms. The zero-order valence-electron chi connectivity index (χ0n) is 15.0. The third-order valence-electron chi connectivity index (χ3n) is 4.58. The van der Waals surface area contributed by atoms with E-state index in [9.17, 15) is 12.6 Å². The van der Waals surface area contributed by atoms with Crippen molar-refractivity contribution in [3.63, 3.8) is 0 Å². The van der Waals surface area contributed by atoms with Crippen molar-refractivity contribution in [2.24, 2.45) is 11.1 Å². The first-order valence-corrected chi connectivity index (χ1v) is 11.1. The summed E-state index contributed by atoms with van der Waals surface area (Å²) >= 11 is 0. The normalized spacial score (nSPS) is 23.9. The van der Waals surface area contributed by atoms with E-state index in [0.29, 0.717) is 33.4 Å². The van der Waals surface area contributed by atoms with E-state index in [1.54, 1.807) is 13.8 Å². The van der Waals surface area contributed by atoms with Crippen molar-refractivity contribution >= 4 is 20.8 Å². The van der Waals surface area contributed by atoms with Gasteiger partial charge in [-0.1, -0.05) is 20.3 Å². The zero-order valence-corrected chi connectivity index (χ0v) is 16.6. The summed E-state index contributed by atoms with van der Waals surface area (Å²) in [6.45, 7) is 9.84. The second-order valence-corrected chi connectivity index (χ2v) is 10.3. The Morgan fingerprint density at radius 3 is 2.50 bits per heavy atom. The molecule has 1 aromatic rings. The van der Waals surface area contributed by atoms with E-state index in [-0.39, 0.29) is 4.90 Å². The van der Waals surface area contributed by atoms with E-state index in [1.807, 2.05) is 6.92 Å². The molecule has 0 aliphatic carbocycles. The van der Waals surface area contributed by atoms with Crippen LogP contribution in [-0.4, -0.2) is 24.0 Å². The lowest BCUT2D eigenvalue weighted by Gasteiger charge is -2.36. The van der Waals surface area contributed by atoms with Crippen molar-refractivity contribution in [1.29, 1.82) is 0 Å². The molecule has 0 spiro atoms. The van der Waals surface area contributed by atoms with Gasteiger partial charge in [-0.2, -0.15) is 0 Å². The first-order chi connectivity index (χ1) is 10.9. The highest BCUT2D eigenvalue weighted by molar-refractivity contribution is 7.89. The monoisotopic (exact) mass is 373 g/mol. The highest BCUT2D eigenvalue weighted by atomic mass is 32.2. The Labute approximate surface area is 147 Å². The topological polar surface area (TPSA) is 86.5 Å². The standard InChI is InChI=1S/C17H27NO4S2/c1-11(2)7-6-8-17(5)10-23(19)14-9-15(24(18,20)21)12(3)13(4)16(14)22-17/h9,11H,6-8,10H2,1-5H3,(H2,18,20,21). The van der Waals surface area contributed by atoms with Crippen molar-refractivity contribution in [3.05, 3.63) is 17.2 Å². The fraction of sp³-hybridized carbons (Fsp3) is 0.647. The van der Waals surface area contributed by atoms with Crippen LogP contribution in [-0.2, 0) is 20.8 Å². The lowest BCUT2D eigenvalue weighted by Crippen LogP contribution is -2.42. The highest BCUT2D eigenvalue weighted by Gasteiger charge is 2.37. The van der Waals surface area contributed by atoms with Gasteiger partial charge in [0.1, 0.15) is 11.4 Å². The molecular weight excluding hydrogens is 346 g/mol. The van der Waals surface area contributed by atoms with Crippen molar-refractivity contribution < 1.29 is 17.4 Å². The zero-order chi connectivity index (χ0) is 18.3. The SMILES string of the molecule is Cc1c(S(N)(=O)=O)cc2c(c1C)OC(C)(CCCC(C)C)CS2=O. The maximum atomic E-state index is 12.7. The third-order valence-corrected chi connectivity index (χ3v) is 7.29. The number of hydrogen-bond acceptors (Lipinski definition) is 4. The van der Waals surface area contributed by atoms with Crippen molar-refractivity contribution in [2.45, 2.75) is 69.3 Å².